The van der Waals surface area contributed by atoms with Crippen molar-refractivity contribution in [3.05, 3.63) is 34.9 Å². The third kappa shape index (κ3) is 7.07. The van der Waals surface area contributed by atoms with Crippen molar-refractivity contribution in [2.24, 2.45) is 0 Å². The number of nitrogens with one attached hydrogen (secondary N) is 2. The molecule has 6 nitrogen and oxygen atoms in total. The minimum atomic E-state index is -0.833. The van der Waals surface area contributed by atoms with E-state index in [0.29, 0.717) is 22.8 Å². The van der Waals surface area contributed by atoms with E-state index in [0.717, 1.165) is 25.7 Å². The first kappa shape index (κ1) is 21.6. The topological polar surface area (TPSA) is 84.5 Å². The average molecular weight is 413 g/mol. The Hall–Kier alpha value is -1.73. The van der Waals surface area contributed by atoms with E-state index in [-0.39, 0.29) is 18.6 Å². The van der Waals surface area contributed by atoms with E-state index in [9.17, 15) is 14.4 Å². The highest BCUT2D eigenvalue weighted by atomic mass is 35.5. The first-order valence-electron chi connectivity index (χ1n) is 9.01. The van der Waals surface area contributed by atoms with Gasteiger partial charge in [0.1, 0.15) is 6.04 Å². The zero-order valence-electron chi connectivity index (χ0n) is 15.3. The second kappa shape index (κ2) is 11.2. The molecular formula is C19H25ClN2O4S. The molecule has 1 atom stereocenters. The Labute approximate surface area is 168 Å². The summed E-state index contributed by atoms with van der Waals surface area (Å²) in [6.07, 6.45) is 6.45. The quantitative estimate of drug-likeness (QED) is 0.609. The van der Waals surface area contributed by atoms with Crippen LogP contribution in [0.2, 0.25) is 5.02 Å². The van der Waals surface area contributed by atoms with Crippen molar-refractivity contribution in [3.63, 3.8) is 0 Å². The number of hydrogen-bond donors (Lipinski definition) is 2. The van der Waals surface area contributed by atoms with Gasteiger partial charge in [0.2, 0.25) is 0 Å². The van der Waals surface area contributed by atoms with Crippen LogP contribution in [0.25, 0.3) is 0 Å². The predicted octanol–water partition coefficient (Wildman–Crippen LogP) is 2.79. The maximum Gasteiger partial charge on any atom is 0.329 e. The molecule has 1 aromatic carbocycles. The van der Waals surface area contributed by atoms with Gasteiger partial charge in [0, 0.05) is 6.04 Å². The largest absolute Gasteiger partial charge is 0.454 e. The van der Waals surface area contributed by atoms with E-state index >= 15 is 0 Å². The molecule has 27 heavy (non-hydrogen) atoms. The number of rotatable bonds is 9. The highest BCUT2D eigenvalue weighted by Gasteiger charge is 2.25. The van der Waals surface area contributed by atoms with Gasteiger partial charge in [-0.1, -0.05) is 36.6 Å². The Balaban J connectivity index is 1.89. The molecule has 1 fully saturated rings. The van der Waals surface area contributed by atoms with Crippen LogP contribution in [0.5, 0.6) is 0 Å². The van der Waals surface area contributed by atoms with Crippen LogP contribution in [0.1, 0.15) is 42.5 Å². The van der Waals surface area contributed by atoms with E-state index < -0.39 is 17.9 Å². The van der Waals surface area contributed by atoms with Crippen LogP contribution in [0.4, 0.5) is 0 Å². The molecule has 0 saturated heterocycles. The van der Waals surface area contributed by atoms with Crippen molar-refractivity contribution < 1.29 is 19.1 Å². The summed E-state index contributed by atoms with van der Waals surface area (Å²) >= 11 is 7.59. The molecule has 2 amide bonds. The minimum Gasteiger partial charge on any atom is -0.454 e. The summed E-state index contributed by atoms with van der Waals surface area (Å²) in [6.45, 7) is -0.340. The summed E-state index contributed by atoms with van der Waals surface area (Å²) in [4.78, 5) is 36.7. The summed E-state index contributed by atoms with van der Waals surface area (Å²) in [6, 6.07) is 5.96. The number of benzene rings is 1. The average Bonchev–Trinajstić information content (AvgIpc) is 3.16. The van der Waals surface area contributed by atoms with E-state index in [1.54, 1.807) is 36.0 Å². The van der Waals surface area contributed by atoms with Crippen molar-refractivity contribution in [1.82, 2.24) is 10.6 Å². The number of carbonyl (C=O) groups is 3. The van der Waals surface area contributed by atoms with E-state index in [1.807, 2.05) is 6.26 Å². The predicted molar refractivity (Wildman–Crippen MR) is 107 cm³/mol. The van der Waals surface area contributed by atoms with Gasteiger partial charge >= 0.3 is 5.97 Å². The molecule has 0 heterocycles. The lowest BCUT2D eigenvalue weighted by atomic mass is 10.1. The van der Waals surface area contributed by atoms with Crippen LogP contribution in [0, 0.1) is 0 Å². The Morgan fingerprint density at radius 3 is 2.63 bits per heavy atom. The van der Waals surface area contributed by atoms with E-state index in [4.69, 9.17) is 16.3 Å². The van der Waals surface area contributed by atoms with Crippen LogP contribution >= 0.6 is 23.4 Å². The van der Waals surface area contributed by atoms with Gasteiger partial charge in [-0.25, -0.2) is 4.79 Å². The summed E-state index contributed by atoms with van der Waals surface area (Å²) in [5.41, 5.74) is 0.292. The second-order valence-corrected chi connectivity index (χ2v) is 7.84. The molecule has 2 N–H and O–H groups in total. The molecule has 148 valence electrons. The number of esters is 1. The van der Waals surface area contributed by atoms with Crippen molar-refractivity contribution >= 4 is 41.1 Å². The molecule has 1 saturated carbocycles. The minimum absolute atomic E-state index is 0.170. The number of carbonyl (C=O) groups excluding carboxylic acids is 3. The Morgan fingerprint density at radius 2 is 1.96 bits per heavy atom. The number of amides is 2. The van der Waals surface area contributed by atoms with Crippen LogP contribution < -0.4 is 10.6 Å². The van der Waals surface area contributed by atoms with Gasteiger partial charge in [0.15, 0.2) is 6.61 Å². The third-order valence-corrected chi connectivity index (χ3v) is 5.36. The standard InChI is InChI=1S/C19H25ClN2O4S/c1-27-11-10-16(22-18(24)14-8-4-5-9-15(14)20)19(25)26-12-17(23)21-13-6-2-3-7-13/h4-5,8-9,13,16H,2-3,6-7,10-12H2,1H3,(H,21,23)(H,22,24)/t16-/m0/s1. The van der Waals surface area contributed by atoms with Gasteiger partial charge in [-0.3, -0.25) is 9.59 Å². The SMILES string of the molecule is CSCC[C@H](NC(=O)c1ccccc1Cl)C(=O)OCC(=O)NC1CCCC1. The third-order valence-electron chi connectivity index (χ3n) is 4.38. The van der Waals surface area contributed by atoms with Crippen molar-refractivity contribution in [2.75, 3.05) is 18.6 Å². The highest BCUT2D eigenvalue weighted by molar-refractivity contribution is 7.98. The first-order chi connectivity index (χ1) is 13.0. The molecular weight excluding hydrogens is 388 g/mol. The summed E-state index contributed by atoms with van der Waals surface area (Å²) in [7, 11) is 0. The van der Waals surface area contributed by atoms with Gasteiger partial charge in [0.05, 0.1) is 10.6 Å². The molecule has 0 aliphatic heterocycles. The maximum atomic E-state index is 12.4. The van der Waals surface area contributed by atoms with E-state index in [1.165, 1.54) is 0 Å². The van der Waals surface area contributed by atoms with Crippen molar-refractivity contribution in [2.45, 2.75) is 44.2 Å². The molecule has 0 bridgehead atoms. The molecule has 0 spiro atoms. The van der Waals surface area contributed by atoms with Crippen LogP contribution in [-0.2, 0) is 14.3 Å². The van der Waals surface area contributed by atoms with Crippen molar-refractivity contribution in [1.29, 1.82) is 0 Å². The number of thioether (sulfide) groups is 1. The maximum absolute atomic E-state index is 12.4. The molecule has 1 aliphatic rings. The normalized spacial score (nSPS) is 15.2. The zero-order chi connectivity index (χ0) is 19.6. The number of halogens is 1. The van der Waals surface area contributed by atoms with E-state index in [2.05, 4.69) is 10.6 Å². The lowest BCUT2D eigenvalue weighted by molar-refractivity contribution is -0.150. The molecule has 0 radical (unpaired) electrons. The van der Waals surface area contributed by atoms with Gasteiger partial charge in [0.25, 0.3) is 11.8 Å². The van der Waals surface area contributed by atoms with Gasteiger partial charge < -0.3 is 15.4 Å². The lowest BCUT2D eigenvalue weighted by Gasteiger charge is -2.18. The fourth-order valence-corrected chi connectivity index (χ4v) is 3.64. The van der Waals surface area contributed by atoms with Crippen LogP contribution in [0.15, 0.2) is 24.3 Å². The molecule has 1 aromatic rings. The summed E-state index contributed by atoms with van der Waals surface area (Å²) in [5, 5.41) is 5.84. The molecule has 0 aromatic heterocycles. The monoisotopic (exact) mass is 412 g/mol. The van der Waals surface area contributed by atoms with Crippen LogP contribution in [-0.4, -0.2) is 48.5 Å². The fraction of sp³-hybridized carbons (Fsp3) is 0.526. The molecule has 2 rings (SSSR count). The van der Waals surface area contributed by atoms with Gasteiger partial charge in [-0.15, -0.1) is 0 Å². The second-order valence-electron chi connectivity index (χ2n) is 6.44. The lowest BCUT2D eigenvalue weighted by Crippen LogP contribution is -2.44. The summed E-state index contributed by atoms with van der Waals surface area (Å²) < 4.78 is 5.13. The molecule has 0 unspecified atom stereocenters. The van der Waals surface area contributed by atoms with Gasteiger partial charge in [-0.2, -0.15) is 11.8 Å². The molecule has 1 aliphatic carbocycles. The van der Waals surface area contributed by atoms with Crippen molar-refractivity contribution in [3.8, 4) is 0 Å². The number of ether oxygens (including phenoxy) is 1. The smallest absolute Gasteiger partial charge is 0.329 e. The highest BCUT2D eigenvalue weighted by Crippen LogP contribution is 2.17. The molecule has 8 heteroatoms. The first-order valence-corrected chi connectivity index (χ1v) is 10.8. The van der Waals surface area contributed by atoms with Crippen LogP contribution in [0.3, 0.4) is 0 Å². The zero-order valence-corrected chi connectivity index (χ0v) is 16.9. The summed E-state index contributed by atoms with van der Waals surface area (Å²) in [5.74, 6) is -0.710. The fourth-order valence-electron chi connectivity index (χ4n) is 2.94. The Kier molecular flexibility index (Phi) is 8.94. The van der Waals surface area contributed by atoms with Gasteiger partial charge in [-0.05, 0) is 43.4 Å². The Morgan fingerprint density at radius 1 is 1.26 bits per heavy atom. The Bertz CT molecular complexity index is 665. The number of hydrogen-bond acceptors (Lipinski definition) is 5.